The highest BCUT2D eigenvalue weighted by atomic mass is 35.5. The molecular weight excluding hydrogens is 447 g/mol. The standard InChI is InChI=1S/C23H22Cl2N6O/c1-32-16-5-7-20-19(12-16)29-22(14-4-6-17(24)18(25)11-14)31(20)21-8-10-27-23(30-21)28-15-3-2-9-26-13-15/h4-8,10-12,15,26H,2-3,9,13H2,1H3,(H,27,28,30). The Morgan fingerprint density at radius 3 is 2.78 bits per heavy atom. The van der Waals surface area contributed by atoms with Crippen LogP contribution in [-0.2, 0) is 0 Å². The summed E-state index contributed by atoms with van der Waals surface area (Å²) in [7, 11) is 1.64. The number of anilines is 1. The van der Waals surface area contributed by atoms with E-state index < -0.39 is 0 Å². The smallest absolute Gasteiger partial charge is 0.224 e. The van der Waals surface area contributed by atoms with Crippen LogP contribution in [0.1, 0.15) is 12.8 Å². The number of hydrogen-bond donors (Lipinski definition) is 2. The van der Waals surface area contributed by atoms with Gasteiger partial charge in [0.2, 0.25) is 5.95 Å². The molecule has 4 aromatic rings. The van der Waals surface area contributed by atoms with Crippen LogP contribution in [0, 0.1) is 0 Å². The summed E-state index contributed by atoms with van der Waals surface area (Å²) in [4.78, 5) is 14.1. The quantitative estimate of drug-likeness (QED) is 0.430. The summed E-state index contributed by atoms with van der Waals surface area (Å²) in [6.07, 6.45) is 3.98. The zero-order valence-electron chi connectivity index (χ0n) is 17.5. The van der Waals surface area contributed by atoms with Crippen LogP contribution in [0.4, 0.5) is 5.95 Å². The fourth-order valence-electron chi connectivity index (χ4n) is 3.95. The van der Waals surface area contributed by atoms with Crippen molar-refractivity contribution >= 4 is 40.2 Å². The van der Waals surface area contributed by atoms with E-state index in [2.05, 4.69) is 15.6 Å². The molecule has 5 rings (SSSR count). The van der Waals surface area contributed by atoms with E-state index in [1.807, 2.05) is 41.0 Å². The third-order valence-corrected chi connectivity index (χ3v) is 6.28. The van der Waals surface area contributed by atoms with E-state index in [0.717, 1.165) is 48.3 Å². The lowest BCUT2D eigenvalue weighted by Crippen LogP contribution is -2.38. The largest absolute Gasteiger partial charge is 0.497 e. The number of piperidine rings is 1. The first-order valence-corrected chi connectivity index (χ1v) is 11.2. The molecule has 0 amide bonds. The van der Waals surface area contributed by atoms with Gasteiger partial charge in [-0.1, -0.05) is 23.2 Å². The molecule has 7 nitrogen and oxygen atoms in total. The van der Waals surface area contributed by atoms with Crippen LogP contribution >= 0.6 is 23.2 Å². The number of methoxy groups -OCH3 is 1. The first-order chi connectivity index (χ1) is 15.6. The Morgan fingerprint density at radius 1 is 1.09 bits per heavy atom. The zero-order valence-corrected chi connectivity index (χ0v) is 19.0. The Kier molecular flexibility index (Phi) is 5.87. The van der Waals surface area contributed by atoms with Crippen molar-refractivity contribution < 1.29 is 4.74 Å². The molecule has 2 N–H and O–H groups in total. The Morgan fingerprint density at radius 2 is 2.00 bits per heavy atom. The van der Waals surface area contributed by atoms with Crippen molar-refractivity contribution in [2.24, 2.45) is 0 Å². The summed E-state index contributed by atoms with van der Waals surface area (Å²) in [6.45, 7) is 1.95. The van der Waals surface area contributed by atoms with Gasteiger partial charge in [-0.05, 0) is 55.8 Å². The Hall–Kier alpha value is -2.87. The van der Waals surface area contributed by atoms with Crippen LogP contribution in [0.3, 0.4) is 0 Å². The molecule has 1 aliphatic rings. The summed E-state index contributed by atoms with van der Waals surface area (Å²) in [5.74, 6) is 2.74. The van der Waals surface area contributed by atoms with Gasteiger partial charge >= 0.3 is 0 Å². The highest BCUT2D eigenvalue weighted by Gasteiger charge is 2.19. The van der Waals surface area contributed by atoms with Gasteiger partial charge in [-0.2, -0.15) is 4.98 Å². The first-order valence-electron chi connectivity index (χ1n) is 10.4. The summed E-state index contributed by atoms with van der Waals surface area (Å²) in [5, 5.41) is 7.82. The fraction of sp³-hybridized carbons (Fsp3) is 0.261. The summed E-state index contributed by atoms with van der Waals surface area (Å²) in [5.41, 5.74) is 2.52. The Labute approximate surface area is 195 Å². The van der Waals surface area contributed by atoms with Crippen molar-refractivity contribution in [3.05, 3.63) is 58.7 Å². The highest BCUT2D eigenvalue weighted by molar-refractivity contribution is 6.42. The van der Waals surface area contributed by atoms with Gasteiger partial charge in [0, 0.05) is 30.4 Å². The van der Waals surface area contributed by atoms with Crippen molar-refractivity contribution in [1.82, 2.24) is 24.8 Å². The third-order valence-electron chi connectivity index (χ3n) is 5.54. The number of benzene rings is 2. The van der Waals surface area contributed by atoms with E-state index in [1.54, 1.807) is 19.4 Å². The molecule has 1 atom stereocenters. The summed E-state index contributed by atoms with van der Waals surface area (Å²) < 4.78 is 7.39. The van der Waals surface area contributed by atoms with E-state index in [-0.39, 0.29) is 0 Å². The minimum Gasteiger partial charge on any atom is -0.497 e. The minimum absolute atomic E-state index is 0.303. The van der Waals surface area contributed by atoms with Crippen molar-refractivity contribution in [1.29, 1.82) is 0 Å². The molecule has 1 saturated heterocycles. The molecule has 2 aromatic carbocycles. The van der Waals surface area contributed by atoms with E-state index >= 15 is 0 Å². The number of fused-ring (bicyclic) bond motifs is 1. The van der Waals surface area contributed by atoms with E-state index in [1.165, 1.54) is 0 Å². The Bertz CT molecular complexity index is 1270. The molecule has 1 unspecified atom stereocenters. The second kappa shape index (κ2) is 8.94. The number of ether oxygens (including phenoxy) is 1. The van der Waals surface area contributed by atoms with Crippen LogP contribution in [0.25, 0.3) is 28.2 Å². The number of halogens is 2. The van der Waals surface area contributed by atoms with Crippen molar-refractivity contribution in [3.63, 3.8) is 0 Å². The maximum absolute atomic E-state index is 6.31. The molecule has 0 saturated carbocycles. The molecule has 2 aromatic heterocycles. The second-order valence-corrected chi connectivity index (χ2v) is 8.49. The van der Waals surface area contributed by atoms with Gasteiger partial charge in [-0.3, -0.25) is 4.57 Å². The number of imidazole rings is 1. The molecule has 32 heavy (non-hydrogen) atoms. The molecule has 0 spiro atoms. The molecular formula is C23H22Cl2N6O. The fourth-order valence-corrected chi connectivity index (χ4v) is 4.25. The van der Waals surface area contributed by atoms with Crippen LogP contribution in [0.2, 0.25) is 10.0 Å². The van der Waals surface area contributed by atoms with Gasteiger partial charge in [0.05, 0.1) is 28.2 Å². The number of nitrogens with one attached hydrogen (secondary N) is 2. The van der Waals surface area contributed by atoms with E-state index in [0.29, 0.717) is 33.7 Å². The normalized spacial score (nSPS) is 16.3. The van der Waals surface area contributed by atoms with Crippen molar-refractivity contribution in [2.75, 3.05) is 25.5 Å². The van der Waals surface area contributed by atoms with Crippen LogP contribution in [0.5, 0.6) is 5.75 Å². The van der Waals surface area contributed by atoms with Crippen LogP contribution < -0.4 is 15.4 Å². The first kappa shape index (κ1) is 21.0. The predicted octanol–water partition coefficient (Wildman–Crippen LogP) is 4.96. The van der Waals surface area contributed by atoms with E-state index in [9.17, 15) is 0 Å². The van der Waals surface area contributed by atoms with Crippen LogP contribution in [-0.4, -0.2) is 45.8 Å². The lowest BCUT2D eigenvalue weighted by atomic mass is 10.1. The van der Waals surface area contributed by atoms with Gasteiger partial charge in [0.25, 0.3) is 0 Å². The molecule has 0 aliphatic carbocycles. The maximum Gasteiger partial charge on any atom is 0.224 e. The molecule has 0 bridgehead atoms. The number of aromatic nitrogens is 4. The topological polar surface area (TPSA) is 76.9 Å². The van der Waals surface area contributed by atoms with Gasteiger partial charge in [-0.25, -0.2) is 9.97 Å². The SMILES string of the molecule is COc1ccc2c(c1)nc(-c1ccc(Cl)c(Cl)c1)n2-c1ccnc(NC2CCCNC2)n1. The molecule has 164 valence electrons. The second-order valence-electron chi connectivity index (χ2n) is 7.68. The lowest BCUT2D eigenvalue weighted by molar-refractivity contribution is 0.415. The zero-order chi connectivity index (χ0) is 22.1. The molecule has 0 radical (unpaired) electrons. The van der Waals surface area contributed by atoms with Gasteiger partial charge in [-0.15, -0.1) is 0 Å². The summed E-state index contributed by atoms with van der Waals surface area (Å²) >= 11 is 12.5. The lowest BCUT2D eigenvalue weighted by Gasteiger charge is -2.23. The molecule has 3 heterocycles. The minimum atomic E-state index is 0.303. The number of rotatable bonds is 5. The van der Waals surface area contributed by atoms with Gasteiger partial charge in [0.15, 0.2) is 0 Å². The molecule has 1 fully saturated rings. The number of nitrogens with zero attached hydrogens (tertiary/aromatic N) is 4. The Balaban J connectivity index is 1.63. The highest BCUT2D eigenvalue weighted by Crippen LogP contribution is 2.33. The van der Waals surface area contributed by atoms with E-state index in [4.69, 9.17) is 37.9 Å². The molecule has 1 aliphatic heterocycles. The van der Waals surface area contributed by atoms with Gasteiger partial charge in [0.1, 0.15) is 17.4 Å². The van der Waals surface area contributed by atoms with Crippen molar-refractivity contribution in [2.45, 2.75) is 18.9 Å². The predicted molar refractivity (Wildman–Crippen MR) is 128 cm³/mol. The maximum atomic E-state index is 6.31. The third kappa shape index (κ3) is 4.11. The molecule has 9 heteroatoms. The van der Waals surface area contributed by atoms with Gasteiger partial charge < -0.3 is 15.4 Å². The average molecular weight is 469 g/mol. The monoisotopic (exact) mass is 468 g/mol. The summed E-state index contributed by atoms with van der Waals surface area (Å²) in [6, 6.07) is 13.4. The van der Waals surface area contributed by atoms with Crippen molar-refractivity contribution in [3.8, 4) is 23.0 Å². The number of hydrogen-bond acceptors (Lipinski definition) is 6. The van der Waals surface area contributed by atoms with Crippen LogP contribution in [0.15, 0.2) is 48.7 Å². The average Bonchev–Trinajstić information content (AvgIpc) is 3.20.